The van der Waals surface area contributed by atoms with Crippen molar-refractivity contribution >= 4 is 27.5 Å². The summed E-state index contributed by atoms with van der Waals surface area (Å²) < 4.78 is 53.2. The zero-order valence-electron chi connectivity index (χ0n) is 14.3. The molecule has 1 aromatic heterocycles. The molecule has 146 valence electrons. The normalized spacial score (nSPS) is 11.4. The molecule has 11 heteroatoms. The van der Waals surface area contributed by atoms with Crippen LogP contribution in [0.4, 0.5) is 8.78 Å². The van der Waals surface area contributed by atoms with Crippen LogP contribution in [0.3, 0.4) is 0 Å². The third-order valence-electron chi connectivity index (χ3n) is 3.70. The van der Waals surface area contributed by atoms with Gasteiger partial charge in [0.1, 0.15) is 5.82 Å². The van der Waals surface area contributed by atoms with Crippen molar-refractivity contribution in [3.63, 3.8) is 0 Å². The molecular weight excluding hydrogens is 414 g/mol. The molecule has 3 aromatic rings. The fraction of sp³-hybridized carbons (Fsp3) is 0.0588. The van der Waals surface area contributed by atoms with E-state index >= 15 is 0 Å². The van der Waals surface area contributed by atoms with Gasteiger partial charge in [0, 0.05) is 18.8 Å². The van der Waals surface area contributed by atoms with Crippen LogP contribution in [0.15, 0.2) is 53.8 Å². The summed E-state index contributed by atoms with van der Waals surface area (Å²) in [6.07, 6.45) is 3.16. The summed E-state index contributed by atoms with van der Waals surface area (Å²) in [5, 5.41) is -0.324. The van der Waals surface area contributed by atoms with Gasteiger partial charge in [-0.05, 0) is 36.4 Å². The minimum atomic E-state index is -4.18. The van der Waals surface area contributed by atoms with Crippen molar-refractivity contribution in [3.05, 3.63) is 71.1 Å². The summed E-state index contributed by atoms with van der Waals surface area (Å²) in [7, 11) is -2.45. The average molecular weight is 427 g/mol. The molecular formula is C17H13ClF2N4O3S. The highest BCUT2D eigenvalue weighted by Gasteiger charge is 2.20. The van der Waals surface area contributed by atoms with E-state index in [9.17, 15) is 22.0 Å². The van der Waals surface area contributed by atoms with E-state index in [1.807, 2.05) is 10.3 Å². The molecule has 0 bridgehead atoms. The number of hydrogen-bond donors (Lipinski definition) is 2. The van der Waals surface area contributed by atoms with Crippen molar-refractivity contribution in [2.24, 2.45) is 7.05 Å². The summed E-state index contributed by atoms with van der Waals surface area (Å²) in [6, 6.07) is 6.44. The van der Waals surface area contributed by atoms with Crippen LogP contribution in [0.2, 0.25) is 5.02 Å². The van der Waals surface area contributed by atoms with Crippen molar-refractivity contribution < 1.29 is 22.0 Å². The number of aromatic nitrogens is 2. The molecule has 2 N–H and O–H groups in total. The molecule has 0 aliphatic carbocycles. The zero-order chi connectivity index (χ0) is 20.5. The maximum absolute atomic E-state index is 14.3. The monoisotopic (exact) mass is 426 g/mol. The zero-order valence-corrected chi connectivity index (χ0v) is 15.9. The predicted molar refractivity (Wildman–Crippen MR) is 97.8 cm³/mol. The van der Waals surface area contributed by atoms with Gasteiger partial charge in [-0.1, -0.05) is 11.6 Å². The summed E-state index contributed by atoms with van der Waals surface area (Å²) in [4.78, 5) is 18.0. The summed E-state index contributed by atoms with van der Waals surface area (Å²) in [5.74, 6) is -2.70. The first-order chi connectivity index (χ1) is 13.2. The Morgan fingerprint density at radius 3 is 2.46 bits per heavy atom. The molecule has 2 aromatic carbocycles. The molecule has 0 atom stereocenters. The standard InChI is InChI=1S/C17H13ClF2N4O3S/c1-24-8-15(21-9-24)10-6-13(16(20)14(18)7-10)17(25)22-23-28(26,27)12-4-2-11(19)3-5-12/h2-9,23H,1H3,(H,22,25). The number of hydrogen-bond acceptors (Lipinski definition) is 4. The Bertz CT molecular complexity index is 1150. The first-order valence-corrected chi connectivity index (χ1v) is 9.58. The summed E-state index contributed by atoms with van der Waals surface area (Å²) >= 11 is 5.86. The maximum atomic E-state index is 14.3. The van der Waals surface area contributed by atoms with Crippen LogP contribution >= 0.6 is 11.6 Å². The van der Waals surface area contributed by atoms with E-state index in [2.05, 4.69) is 4.98 Å². The number of amides is 1. The number of aryl methyl sites for hydroxylation is 1. The number of halogens is 3. The molecule has 0 aliphatic heterocycles. The lowest BCUT2D eigenvalue weighted by Crippen LogP contribution is -2.41. The van der Waals surface area contributed by atoms with Gasteiger partial charge in [0.05, 0.1) is 27.5 Å². The van der Waals surface area contributed by atoms with Crippen LogP contribution < -0.4 is 10.3 Å². The van der Waals surface area contributed by atoms with Crippen molar-refractivity contribution in [3.8, 4) is 11.3 Å². The molecule has 0 fully saturated rings. The Morgan fingerprint density at radius 1 is 1.18 bits per heavy atom. The number of nitrogens with zero attached hydrogens (tertiary/aromatic N) is 2. The lowest BCUT2D eigenvalue weighted by molar-refractivity contribution is 0.0941. The van der Waals surface area contributed by atoms with Gasteiger partial charge in [0.15, 0.2) is 5.82 Å². The van der Waals surface area contributed by atoms with Crippen molar-refractivity contribution in [2.75, 3.05) is 0 Å². The van der Waals surface area contributed by atoms with E-state index in [1.54, 1.807) is 17.8 Å². The first kappa shape index (κ1) is 19.9. The van der Waals surface area contributed by atoms with Gasteiger partial charge in [-0.3, -0.25) is 10.2 Å². The fourth-order valence-corrected chi connectivity index (χ4v) is 3.38. The van der Waals surface area contributed by atoms with E-state index in [1.165, 1.54) is 18.5 Å². The molecule has 0 aliphatic rings. The van der Waals surface area contributed by atoms with Crippen molar-refractivity contribution in [1.82, 2.24) is 19.8 Å². The van der Waals surface area contributed by atoms with Gasteiger partial charge in [0.2, 0.25) is 0 Å². The average Bonchev–Trinajstić information content (AvgIpc) is 3.08. The van der Waals surface area contributed by atoms with Gasteiger partial charge in [-0.15, -0.1) is 4.83 Å². The molecule has 0 spiro atoms. The lowest BCUT2D eigenvalue weighted by Gasteiger charge is -2.10. The number of imidazole rings is 1. The number of nitrogens with one attached hydrogen (secondary N) is 2. The van der Waals surface area contributed by atoms with Gasteiger partial charge in [0.25, 0.3) is 15.9 Å². The number of benzene rings is 2. The number of carbonyl (C=O) groups is 1. The number of carbonyl (C=O) groups excluding carboxylic acids is 1. The van der Waals surface area contributed by atoms with Gasteiger partial charge in [-0.25, -0.2) is 22.2 Å². The molecule has 0 radical (unpaired) electrons. The molecule has 0 saturated heterocycles. The van der Waals surface area contributed by atoms with E-state index < -0.39 is 33.1 Å². The highest BCUT2D eigenvalue weighted by Crippen LogP contribution is 2.27. The molecule has 0 saturated carbocycles. The van der Waals surface area contributed by atoms with Gasteiger partial charge >= 0.3 is 0 Å². The van der Waals surface area contributed by atoms with Crippen molar-refractivity contribution in [2.45, 2.75) is 4.90 Å². The molecule has 1 heterocycles. The second-order valence-electron chi connectivity index (χ2n) is 5.76. The maximum Gasteiger partial charge on any atom is 0.269 e. The summed E-state index contributed by atoms with van der Waals surface area (Å²) in [6.45, 7) is 0. The van der Waals surface area contributed by atoms with E-state index in [-0.39, 0.29) is 9.92 Å². The minimum absolute atomic E-state index is 0.282. The second kappa shape index (κ2) is 7.66. The Hall–Kier alpha value is -2.82. The van der Waals surface area contributed by atoms with Crippen molar-refractivity contribution in [1.29, 1.82) is 0 Å². The highest BCUT2D eigenvalue weighted by atomic mass is 35.5. The van der Waals surface area contributed by atoms with E-state index in [0.29, 0.717) is 11.3 Å². The smallest absolute Gasteiger partial charge is 0.269 e. The van der Waals surface area contributed by atoms with Gasteiger partial charge in [-0.2, -0.15) is 0 Å². The van der Waals surface area contributed by atoms with Crippen LogP contribution in [-0.4, -0.2) is 23.9 Å². The Morgan fingerprint density at radius 2 is 1.86 bits per heavy atom. The first-order valence-electron chi connectivity index (χ1n) is 7.72. The third kappa shape index (κ3) is 4.19. The van der Waals surface area contributed by atoms with Crippen LogP contribution in [0.25, 0.3) is 11.3 Å². The molecule has 0 unspecified atom stereocenters. The number of rotatable bonds is 5. The van der Waals surface area contributed by atoms with Crippen LogP contribution in [-0.2, 0) is 17.1 Å². The quantitative estimate of drug-likeness (QED) is 0.613. The number of hydrazine groups is 1. The number of sulfonamides is 1. The lowest BCUT2D eigenvalue weighted by atomic mass is 10.1. The predicted octanol–water partition coefficient (Wildman–Crippen LogP) is 2.64. The Kier molecular flexibility index (Phi) is 5.45. The summed E-state index contributed by atoms with van der Waals surface area (Å²) in [5.41, 5.74) is 2.26. The highest BCUT2D eigenvalue weighted by molar-refractivity contribution is 7.89. The SMILES string of the molecule is Cn1cnc(-c2cc(Cl)c(F)c(C(=O)NNS(=O)(=O)c3ccc(F)cc3)c2)c1. The fourth-order valence-electron chi connectivity index (χ4n) is 2.32. The van der Waals surface area contributed by atoms with Gasteiger partial charge < -0.3 is 4.57 Å². The minimum Gasteiger partial charge on any atom is -0.340 e. The van der Waals surface area contributed by atoms with E-state index in [0.717, 1.165) is 24.3 Å². The molecule has 3 rings (SSSR count). The van der Waals surface area contributed by atoms with Crippen LogP contribution in [0.5, 0.6) is 0 Å². The molecule has 7 nitrogen and oxygen atoms in total. The Labute approximate surface area is 164 Å². The third-order valence-corrected chi connectivity index (χ3v) is 5.23. The Balaban J connectivity index is 1.84. The topological polar surface area (TPSA) is 93.1 Å². The van der Waals surface area contributed by atoms with E-state index in [4.69, 9.17) is 11.6 Å². The molecule has 28 heavy (non-hydrogen) atoms. The largest absolute Gasteiger partial charge is 0.340 e. The molecule has 1 amide bonds. The second-order valence-corrected chi connectivity index (χ2v) is 7.85. The van der Waals surface area contributed by atoms with Crippen LogP contribution in [0, 0.1) is 11.6 Å². The van der Waals surface area contributed by atoms with Crippen LogP contribution in [0.1, 0.15) is 10.4 Å².